The SMILES string of the molecule is CCNC(CC(=O)OCC)Cc1ccc(Cl)c(C)c1. The molecule has 1 rings (SSSR count). The summed E-state index contributed by atoms with van der Waals surface area (Å²) in [6.07, 6.45) is 1.19. The number of carbonyl (C=O) groups is 1. The van der Waals surface area contributed by atoms with E-state index in [0.29, 0.717) is 13.0 Å². The maximum Gasteiger partial charge on any atom is 0.307 e. The smallest absolute Gasteiger partial charge is 0.307 e. The second kappa shape index (κ2) is 8.18. The fraction of sp³-hybridized carbons (Fsp3) is 0.533. The summed E-state index contributed by atoms with van der Waals surface area (Å²) in [5, 5.41) is 4.09. The van der Waals surface area contributed by atoms with Crippen molar-refractivity contribution in [3.05, 3.63) is 34.3 Å². The first-order chi connectivity index (χ1) is 9.06. The lowest BCUT2D eigenvalue weighted by atomic mass is 10.0. The van der Waals surface area contributed by atoms with Crippen LogP contribution < -0.4 is 5.32 Å². The van der Waals surface area contributed by atoms with E-state index < -0.39 is 0 Å². The van der Waals surface area contributed by atoms with Crippen LogP contribution in [0.25, 0.3) is 0 Å². The van der Waals surface area contributed by atoms with Crippen LogP contribution in [0.1, 0.15) is 31.4 Å². The molecule has 0 radical (unpaired) electrons. The Morgan fingerprint density at radius 3 is 2.74 bits per heavy atom. The molecule has 1 aromatic carbocycles. The zero-order valence-electron chi connectivity index (χ0n) is 11.8. The Labute approximate surface area is 120 Å². The maximum atomic E-state index is 11.6. The molecule has 0 spiro atoms. The van der Waals surface area contributed by atoms with Crippen LogP contribution >= 0.6 is 11.6 Å². The van der Waals surface area contributed by atoms with Crippen LogP contribution in [-0.4, -0.2) is 25.2 Å². The standard InChI is InChI=1S/C15H22ClNO2/c1-4-17-13(10-15(18)19-5-2)9-12-6-7-14(16)11(3)8-12/h6-8,13,17H,4-5,9-10H2,1-3H3. The van der Waals surface area contributed by atoms with E-state index in [4.69, 9.17) is 16.3 Å². The van der Waals surface area contributed by atoms with Gasteiger partial charge in [-0.2, -0.15) is 0 Å². The second-order valence-electron chi connectivity index (χ2n) is 4.55. The van der Waals surface area contributed by atoms with Crippen molar-refractivity contribution in [2.24, 2.45) is 0 Å². The van der Waals surface area contributed by atoms with Gasteiger partial charge in [-0.25, -0.2) is 0 Å². The molecule has 3 nitrogen and oxygen atoms in total. The Hall–Kier alpha value is -1.06. The van der Waals surface area contributed by atoms with E-state index >= 15 is 0 Å². The molecule has 0 fully saturated rings. The van der Waals surface area contributed by atoms with Crippen LogP contribution in [0.3, 0.4) is 0 Å². The Balaban J connectivity index is 2.66. The Bertz CT molecular complexity index is 421. The van der Waals surface area contributed by atoms with Gasteiger partial charge >= 0.3 is 5.97 Å². The molecule has 106 valence electrons. The van der Waals surface area contributed by atoms with Crippen molar-refractivity contribution in [2.75, 3.05) is 13.2 Å². The molecule has 0 amide bonds. The molecule has 0 saturated carbocycles. The largest absolute Gasteiger partial charge is 0.466 e. The van der Waals surface area contributed by atoms with Crippen LogP contribution in [0.5, 0.6) is 0 Å². The number of carbonyl (C=O) groups excluding carboxylic acids is 1. The highest BCUT2D eigenvalue weighted by Crippen LogP contribution is 2.17. The van der Waals surface area contributed by atoms with Crippen LogP contribution in [0.2, 0.25) is 5.02 Å². The van der Waals surface area contributed by atoms with Gasteiger partial charge in [-0.05, 0) is 44.0 Å². The van der Waals surface area contributed by atoms with Crippen LogP contribution in [0.15, 0.2) is 18.2 Å². The van der Waals surface area contributed by atoms with Crippen molar-refractivity contribution in [3.63, 3.8) is 0 Å². The Morgan fingerprint density at radius 1 is 1.42 bits per heavy atom. The molecular formula is C15H22ClNO2. The lowest BCUT2D eigenvalue weighted by Crippen LogP contribution is -2.33. The van der Waals surface area contributed by atoms with E-state index in [1.165, 1.54) is 5.56 Å². The summed E-state index contributed by atoms with van der Waals surface area (Å²) in [6.45, 7) is 7.10. The van der Waals surface area contributed by atoms with E-state index in [2.05, 4.69) is 11.4 Å². The number of halogens is 1. The summed E-state index contributed by atoms with van der Waals surface area (Å²) < 4.78 is 5.00. The highest BCUT2D eigenvalue weighted by atomic mass is 35.5. The predicted octanol–water partition coefficient (Wildman–Crippen LogP) is 3.12. The van der Waals surface area contributed by atoms with Gasteiger partial charge in [0.25, 0.3) is 0 Å². The zero-order valence-corrected chi connectivity index (χ0v) is 12.6. The van der Waals surface area contributed by atoms with Crippen LogP contribution in [0.4, 0.5) is 0 Å². The van der Waals surface area contributed by atoms with Gasteiger partial charge < -0.3 is 10.1 Å². The van der Waals surface area contributed by atoms with Crippen LogP contribution in [-0.2, 0) is 16.0 Å². The first kappa shape index (κ1) is 16.0. The fourth-order valence-electron chi connectivity index (χ4n) is 2.04. The molecule has 0 aliphatic heterocycles. The van der Waals surface area contributed by atoms with Gasteiger partial charge in [0, 0.05) is 11.1 Å². The fourth-order valence-corrected chi connectivity index (χ4v) is 2.16. The normalized spacial score (nSPS) is 12.2. The zero-order chi connectivity index (χ0) is 14.3. The van der Waals surface area contributed by atoms with Gasteiger partial charge in [-0.3, -0.25) is 4.79 Å². The molecule has 1 aromatic rings. The quantitative estimate of drug-likeness (QED) is 0.782. The second-order valence-corrected chi connectivity index (χ2v) is 4.96. The monoisotopic (exact) mass is 283 g/mol. The van der Waals surface area contributed by atoms with Gasteiger partial charge in [0.1, 0.15) is 0 Å². The molecule has 19 heavy (non-hydrogen) atoms. The van der Waals surface area contributed by atoms with Crippen molar-refractivity contribution < 1.29 is 9.53 Å². The van der Waals surface area contributed by atoms with Gasteiger partial charge in [0.05, 0.1) is 13.0 Å². The summed E-state index contributed by atoms with van der Waals surface area (Å²) in [5.41, 5.74) is 2.24. The maximum absolute atomic E-state index is 11.6. The number of hydrogen-bond acceptors (Lipinski definition) is 3. The average molecular weight is 284 g/mol. The number of rotatable bonds is 7. The van der Waals surface area contributed by atoms with E-state index in [1.807, 2.05) is 32.9 Å². The Morgan fingerprint density at radius 2 is 2.16 bits per heavy atom. The summed E-state index contributed by atoms with van der Waals surface area (Å²) in [4.78, 5) is 11.6. The number of esters is 1. The summed E-state index contributed by atoms with van der Waals surface area (Å²) >= 11 is 6.01. The Kier molecular flexibility index (Phi) is 6.89. The van der Waals surface area contributed by atoms with Crippen LogP contribution in [0, 0.1) is 6.92 Å². The molecule has 4 heteroatoms. The van der Waals surface area contributed by atoms with Crippen molar-refractivity contribution in [2.45, 2.75) is 39.7 Å². The number of benzene rings is 1. The first-order valence-electron chi connectivity index (χ1n) is 6.70. The molecule has 1 atom stereocenters. The average Bonchev–Trinajstić information content (AvgIpc) is 2.34. The number of aryl methyl sites for hydroxylation is 1. The molecule has 0 saturated heterocycles. The number of nitrogens with one attached hydrogen (secondary N) is 1. The molecule has 0 bridgehead atoms. The molecular weight excluding hydrogens is 262 g/mol. The van der Waals surface area contributed by atoms with E-state index in [-0.39, 0.29) is 12.0 Å². The van der Waals surface area contributed by atoms with E-state index in [0.717, 1.165) is 23.6 Å². The minimum Gasteiger partial charge on any atom is -0.466 e. The van der Waals surface area contributed by atoms with Gasteiger partial charge in [-0.15, -0.1) is 0 Å². The number of likely N-dealkylation sites (N-methyl/N-ethyl adjacent to an activating group) is 1. The summed E-state index contributed by atoms with van der Waals surface area (Å²) in [7, 11) is 0. The number of ether oxygens (including phenoxy) is 1. The van der Waals surface area contributed by atoms with Crippen molar-refractivity contribution in [1.29, 1.82) is 0 Å². The molecule has 0 aromatic heterocycles. The van der Waals surface area contributed by atoms with Gasteiger partial charge in [-0.1, -0.05) is 30.7 Å². The third-order valence-electron chi connectivity index (χ3n) is 2.92. The van der Waals surface area contributed by atoms with Gasteiger partial charge in [0.15, 0.2) is 0 Å². The van der Waals surface area contributed by atoms with E-state index in [1.54, 1.807) is 0 Å². The van der Waals surface area contributed by atoms with Crippen molar-refractivity contribution in [1.82, 2.24) is 5.32 Å². The highest BCUT2D eigenvalue weighted by molar-refractivity contribution is 6.31. The number of hydrogen-bond donors (Lipinski definition) is 1. The van der Waals surface area contributed by atoms with E-state index in [9.17, 15) is 4.79 Å². The topological polar surface area (TPSA) is 38.3 Å². The highest BCUT2D eigenvalue weighted by Gasteiger charge is 2.14. The third-order valence-corrected chi connectivity index (χ3v) is 3.34. The van der Waals surface area contributed by atoms with Crippen molar-refractivity contribution >= 4 is 17.6 Å². The minimum absolute atomic E-state index is 0.102. The molecule has 1 unspecified atom stereocenters. The molecule has 0 heterocycles. The minimum atomic E-state index is -0.154. The lowest BCUT2D eigenvalue weighted by molar-refractivity contribution is -0.143. The third kappa shape index (κ3) is 5.62. The molecule has 0 aliphatic carbocycles. The molecule has 0 aliphatic rings. The predicted molar refractivity (Wildman–Crippen MR) is 78.6 cm³/mol. The molecule has 1 N–H and O–H groups in total. The van der Waals surface area contributed by atoms with Gasteiger partial charge in [0.2, 0.25) is 0 Å². The summed E-state index contributed by atoms with van der Waals surface area (Å²) in [5.74, 6) is -0.154. The summed E-state index contributed by atoms with van der Waals surface area (Å²) in [6, 6.07) is 6.08. The van der Waals surface area contributed by atoms with Crippen molar-refractivity contribution in [3.8, 4) is 0 Å². The lowest BCUT2D eigenvalue weighted by Gasteiger charge is -2.17. The first-order valence-corrected chi connectivity index (χ1v) is 7.08.